The molecule has 0 aromatic heterocycles. The number of sulfonamides is 1. The summed E-state index contributed by atoms with van der Waals surface area (Å²) in [4.78, 5) is 0.0761. The van der Waals surface area contributed by atoms with Crippen molar-refractivity contribution in [2.75, 3.05) is 7.05 Å². The molecule has 1 unspecified atom stereocenters. The van der Waals surface area contributed by atoms with Crippen molar-refractivity contribution in [3.05, 3.63) is 29.6 Å². The minimum atomic E-state index is -3.59. The van der Waals surface area contributed by atoms with E-state index < -0.39 is 15.8 Å². The van der Waals surface area contributed by atoms with Gasteiger partial charge in [-0.25, -0.2) is 12.8 Å². The first-order chi connectivity index (χ1) is 8.34. The van der Waals surface area contributed by atoms with E-state index in [-0.39, 0.29) is 23.0 Å². The Hall–Kier alpha value is -0.980. The highest BCUT2D eigenvalue weighted by molar-refractivity contribution is 7.89. The van der Waals surface area contributed by atoms with E-state index in [9.17, 15) is 12.8 Å². The predicted octanol–water partition coefficient (Wildman–Crippen LogP) is 1.70. The average Bonchev–Trinajstić information content (AvgIpc) is 2.37. The van der Waals surface area contributed by atoms with Crippen LogP contribution in [0, 0.1) is 5.82 Å². The summed E-state index contributed by atoms with van der Waals surface area (Å²) in [5, 5.41) is 0. The summed E-state index contributed by atoms with van der Waals surface area (Å²) in [7, 11) is -2.07. The van der Waals surface area contributed by atoms with E-state index in [4.69, 9.17) is 5.73 Å². The topological polar surface area (TPSA) is 63.4 Å². The molecule has 102 valence electrons. The van der Waals surface area contributed by atoms with Crippen LogP contribution in [-0.2, 0) is 16.6 Å². The Morgan fingerprint density at radius 1 is 1.44 bits per heavy atom. The van der Waals surface area contributed by atoms with Crippen LogP contribution >= 0.6 is 0 Å². The number of nitrogens with zero attached hydrogens (tertiary/aromatic N) is 1. The molecule has 1 aromatic rings. The maximum atomic E-state index is 13.3. The van der Waals surface area contributed by atoms with Gasteiger partial charge in [0.05, 0.1) is 4.90 Å². The highest BCUT2D eigenvalue weighted by atomic mass is 32.2. The molecule has 6 heteroatoms. The zero-order chi connectivity index (χ0) is 13.9. The average molecular weight is 274 g/mol. The fourth-order valence-corrected chi connectivity index (χ4v) is 3.01. The second-order valence-electron chi connectivity index (χ2n) is 4.24. The smallest absolute Gasteiger partial charge is 0.243 e. The van der Waals surface area contributed by atoms with Gasteiger partial charge in [0.2, 0.25) is 10.0 Å². The molecule has 0 aliphatic rings. The molecule has 18 heavy (non-hydrogen) atoms. The Morgan fingerprint density at radius 3 is 2.56 bits per heavy atom. The summed E-state index contributed by atoms with van der Waals surface area (Å²) >= 11 is 0. The molecule has 0 heterocycles. The Labute approximate surface area is 108 Å². The van der Waals surface area contributed by atoms with Gasteiger partial charge in [0, 0.05) is 25.2 Å². The van der Waals surface area contributed by atoms with Crippen LogP contribution in [0.4, 0.5) is 4.39 Å². The molecule has 0 saturated heterocycles. The molecule has 0 aliphatic heterocycles. The summed E-state index contributed by atoms with van der Waals surface area (Å²) in [6.07, 6.45) is 0.709. The molecule has 0 fully saturated rings. The normalized spacial score (nSPS) is 13.9. The third kappa shape index (κ3) is 2.88. The molecule has 1 aromatic carbocycles. The lowest BCUT2D eigenvalue weighted by Crippen LogP contribution is -2.34. The Balaban J connectivity index is 3.20. The molecule has 4 nitrogen and oxygen atoms in total. The largest absolute Gasteiger partial charge is 0.326 e. The van der Waals surface area contributed by atoms with Crippen LogP contribution in [-0.4, -0.2) is 25.8 Å². The van der Waals surface area contributed by atoms with Gasteiger partial charge >= 0.3 is 0 Å². The SMILES string of the molecule is CCC(C)N(C)S(=O)(=O)c1ccc(F)c(CN)c1. The lowest BCUT2D eigenvalue weighted by molar-refractivity contribution is 0.380. The zero-order valence-electron chi connectivity index (χ0n) is 10.9. The van der Waals surface area contributed by atoms with E-state index in [0.29, 0.717) is 6.42 Å². The van der Waals surface area contributed by atoms with Gasteiger partial charge in [-0.2, -0.15) is 4.31 Å². The highest BCUT2D eigenvalue weighted by Crippen LogP contribution is 2.20. The van der Waals surface area contributed by atoms with E-state index in [1.807, 2.05) is 13.8 Å². The number of benzene rings is 1. The molecule has 1 atom stereocenters. The van der Waals surface area contributed by atoms with Crippen molar-refractivity contribution in [1.29, 1.82) is 0 Å². The van der Waals surface area contributed by atoms with Crippen molar-refractivity contribution in [1.82, 2.24) is 4.31 Å². The maximum Gasteiger partial charge on any atom is 0.243 e. The molecule has 0 spiro atoms. The second-order valence-corrected chi connectivity index (χ2v) is 6.23. The number of hydrogen-bond donors (Lipinski definition) is 1. The van der Waals surface area contributed by atoms with Crippen molar-refractivity contribution in [2.24, 2.45) is 5.73 Å². The Morgan fingerprint density at radius 2 is 2.06 bits per heavy atom. The van der Waals surface area contributed by atoms with Gasteiger partial charge in [-0.1, -0.05) is 6.92 Å². The standard InChI is InChI=1S/C12H19FN2O2S/c1-4-9(2)15(3)18(16,17)11-5-6-12(13)10(7-11)8-14/h5-7,9H,4,8,14H2,1-3H3. The third-order valence-electron chi connectivity index (χ3n) is 3.13. The van der Waals surface area contributed by atoms with Gasteiger partial charge in [-0.05, 0) is 31.5 Å². The molecule has 1 rings (SSSR count). The van der Waals surface area contributed by atoms with E-state index in [1.54, 1.807) is 0 Å². The summed E-state index contributed by atoms with van der Waals surface area (Å²) < 4.78 is 39.1. The lowest BCUT2D eigenvalue weighted by Gasteiger charge is -2.23. The van der Waals surface area contributed by atoms with E-state index >= 15 is 0 Å². The molecule has 0 saturated carbocycles. The van der Waals surface area contributed by atoms with Crippen LogP contribution in [0.1, 0.15) is 25.8 Å². The Bertz CT molecular complexity index is 517. The van der Waals surface area contributed by atoms with Gasteiger partial charge in [-0.15, -0.1) is 0 Å². The van der Waals surface area contributed by atoms with Crippen LogP contribution in [0.3, 0.4) is 0 Å². The first kappa shape index (κ1) is 15.1. The van der Waals surface area contributed by atoms with E-state index in [2.05, 4.69) is 0 Å². The fourth-order valence-electron chi connectivity index (χ4n) is 1.53. The summed E-state index contributed by atoms with van der Waals surface area (Å²) in [6, 6.07) is 3.59. The maximum absolute atomic E-state index is 13.3. The molecule has 0 aliphatic carbocycles. The van der Waals surface area contributed by atoms with Crippen molar-refractivity contribution in [2.45, 2.75) is 37.8 Å². The van der Waals surface area contributed by atoms with Crippen LogP contribution in [0.15, 0.2) is 23.1 Å². The molecular weight excluding hydrogens is 255 g/mol. The minimum absolute atomic E-state index is 0.0256. The molecule has 2 N–H and O–H groups in total. The van der Waals surface area contributed by atoms with Crippen molar-refractivity contribution >= 4 is 10.0 Å². The zero-order valence-corrected chi connectivity index (χ0v) is 11.7. The van der Waals surface area contributed by atoms with Gasteiger partial charge in [0.25, 0.3) is 0 Å². The second kappa shape index (κ2) is 5.77. The van der Waals surface area contributed by atoms with Crippen LogP contribution in [0.5, 0.6) is 0 Å². The summed E-state index contributed by atoms with van der Waals surface area (Å²) in [6.45, 7) is 3.71. The van der Waals surface area contributed by atoms with Gasteiger partial charge < -0.3 is 5.73 Å². The van der Waals surface area contributed by atoms with Crippen molar-refractivity contribution in [3.8, 4) is 0 Å². The first-order valence-corrected chi connectivity index (χ1v) is 7.25. The summed E-state index contributed by atoms with van der Waals surface area (Å²) in [5.74, 6) is -0.484. The third-order valence-corrected chi connectivity index (χ3v) is 5.09. The monoisotopic (exact) mass is 274 g/mol. The first-order valence-electron chi connectivity index (χ1n) is 5.81. The van der Waals surface area contributed by atoms with Crippen LogP contribution in [0.25, 0.3) is 0 Å². The molecule has 0 radical (unpaired) electrons. The number of hydrogen-bond acceptors (Lipinski definition) is 3. The summed E-state index contributed by atoms with van der Waals surface area (Å²) in [5.41, 5.74) is 5.58. The number of rotatable bonds is 5. The van der Waals surface area contributed by atoms with Gasteiger partial charge in [-0.3, -0.25) is 0 Å². The van der Waals surface area contributed by atoms with Crippen molar-refractivity contribution in [3.63, 3.8) is 0 Å². The minimum Gasteiger partial charge on any atom is -0.326 e. The number of nitrogens with two attached hydrogens (primary N) is 1. The lowest BCUT2D eigenvalue weighted by atomic mass is 10.2. The molecule has 0 bridgehead atoms. The number of halogens is 1. The predicted molar refractivity (Wildman–Crippen MR) is 69.0 cm³/mol. The van der Waals surface area contributed by atoms with Gasteiger partial charge in [0.1, 0.15) is 5.82 Å². The van der Waals surface area contributed by atoms with Crippen molar-refractivity contribution < 1.29 is 12.8 Å². The van der Waals surface area contributed by atoms with E-state index in [1.165, 1.54) is 23.5 Å². The molecular formula is C12H19FN2O2S. The van der Waals surface area contributed by atoms with Crippen LogP contribution < -0.4 is 5.73 Å². The highest BCUT2D eigenvalue weighted by Gasteiger charge is 2.25. The molecule has 0 amide bonds. The van der Waals surface area contributed by atoms with E-state index in [0.717, 1.165) is 6.07 Å². The van der Waals surface area contributed by atoms with Gasteiger partial charge in [0.15, 0.2) is 0 Å². The quantitative estimate of drug-likeness (QED) is 0.889. The fraction of sp³-hybridized carbons (Fsp3) is 0.500. The van der Waals surface area contributed by atoms with Crippen LogP contribution in [0.2, 0.25) is 0 Å². The Kier molecular flexibility index (Phi) is 4.84.